The number of rotatable bonds is 0. The number of thioether (sulfide) groups is 1. The van der Waals surface area contributed by atoms with Crippen molar-refractivity contribution >= 4 is 23.4 Å². The normalized spacial score (nSPS) is 22.0. The van der Waals surface area contributed by atoms with Gasteiger partial charge in [0.2, 0.25) is 0 Å². The van der Waals surface area contributed by atoms with E-state index >= 15 is 0 Å². The Kier molecular flexibility index (Phi) is 2.31. The molecule has 0 saturated heterocycles. The Bertz CT molecular complexity index is 301. The second kappa shape index (κ2) is 3.29. The summed E-state index contributed by atoms with van der Waals surface area (Å²) in [6.07, 6.45) is 1.05. The molecule has 0 spiro atoms. The fourth-order valence-corrected chi connectivity index (χ4v) is 2.93. The molecule has 0 radical (unpaired) electrons. The van der Waals surface area contributed by atoms with Crippen LogP contribution in [0, 0.1) is 0 Å². The van der Waals surface area contributed by atoms with Gasteiger partial charge in [0.25, 0.3) is 0 Å². The number of nitrogens with two attached hydrogens (primary N) is 1. The van der Waals surface area contributed by atoms with Crippen molar-refractivity contribution in [3.05, 3.63) is 28.8 Å². The third-order valence-corrected chi connectivity index (χ3v) is 3.68. The average Bonchev–Trinajstić information content (AvgIpc) is 2.07. The van der Waals surface area contributed by atoms with Gasteiger partial charge in [-0.25, -0.2) is 0 Å². The van der Waals surface area contributed by atoms with E-state index < -0.39 is 0 Å². The molecule has 1 heterocycles. The van der Waals surface area contributed by atoms with Gasteiger partial charge in [0, 0.05) is 10.9 Å². The van der Waals surface area contributed by atoms with Crippen LogP contribution in [0.25, 0.3) is 0 Å². The number of benzene rings is 1. The van der Waals surface area contributed by atoms with E-state index in [1.54, 1.807) is 0 Å². The van der Waals surface area contributed by atoms with Crippen molar-refractivity contribution in [3.8, 4) is 0 Å². The van der Waals surface area contributed by atoms with Gasteiger partial charge in [-0.15, -0.1) is 11.8 Å². The summed E-state index contributed by atoms with van der Waals surface area (Å²) in [5, 5.41) is 0.840. The van der Waals surface area contributed by atoms with E-state index in [-0.39, 0.29) is 6.04 Å². The highest BCUT2D eigenvalue weighted by Crippen LogP contribution is 2.39. The SMILES string of the molecule is NC1CCSc2c(Cl)cccc21. The molecule has 1 atom stereocenters. The molecule has 12 heavy (non-hydrogen) atoms. The van der Waals surface area contributed by atoms with Crippen LogP contribution in [0.5, 0.6) is 0 Å². The fraction of sp³-hybridized carbons (Fsp3) is 0.333. The molecule has 1 aliphatic rings. The molecule has 0 fully saturated rings. The van der Waals surface area contributed by atoms with Crippen LogP contribution in [0.1, 0.15) is 18.0 Å². The summed E-state index contributed by atoms with van der Waals surface area (Å²) in [7, 11) is 0. The van der Waals surface area contributed by atoms with Crippen molar-refractivity contribution < 1.29 is 0 Å². The Labute approximate surface area is 81.3 Å². The number of hydrogen-bond donors (Lipinski definition) is 1. The second-order valence-corrected chi connectivity index (χ2v) is 4.41. The Hall–Kier alpha value is -0.180. The van der Waals surface area contributed by atoms with E-state index in [0.717, 1.165) is 17.2 Å². The van der Waals surface area contributed by atoms with Gasteiger partial charge in [-0.3, -0.25) is 0 Å². The molecule has 0 bridgehead atoms. The topological polar surface area (TPSA) is 26.0 Å². The monoisotopic (exact) mass is 199 g/mol. The van der Waals surface area contributed by atoms with E-state index in [2.05, 4.69) is 6.07 Å². The predicted octanol–water partition coefficient (Wildman–Crippen LogP) is 2.84. The van der Waals surface area contributed by atoms with E-state index in [0.29, 0.717) is 0 Å². The molecule has 1 nitrogen and oxygen atoms in total. The van der Waals surface area contributed by atoms with Crippen molar-refractivity contribution in [1.82, 2.24) is 0 Å². The number of halogens is 1. The molecular formula is C9H10ClNS. The standard InChI is InChI=1S/C9H10ClNS/c10-7-3-1-2-6-8(11)4-5-12-9(6)7/h1-3,8H,4-5,11H2. The van der Waals surface area contributed by atoms with Crippen LogP contribution in [0.4, 0.5) is 0 Å². The summed E-state index contributed by atoms with van der Waals surface area (Å²) >= 11 is 7.84. The van der Waals surface area contributed by atoms with Crippen LogP contribution in [0.3, 0.4) is 0 Å². The van der Waals surface area contributed by atoms with E-state index in [4.69, 9.17) is 17.3 Å². The third-order valence-electron chi connectivity index (χ3n) is 2.07. The zero-order valence-corrected chi connectivity index (χ0v) is 8.16. The first-order chi connectivity index (χ1) is 5.79. The maximum Gasteiger partial charge on any atom is 0.0545 e. The Morgan fingerprint density at radius 3 is 3.08 bits per heavy atom. The Morgan fingerprint density at radius 1 is 1.50 bits per heavy atom. The van der Waals surface area contributed by atoms with Crippen molar-refractivity contribution in [3.63, 3.8) is 0 Å². The number of fused-ring (bicyclic) bond motifs is 1. The lowest BCUT2D eigenvalue weighted by Crippen LogP contribution is -2.15. The van der Waals surface area contributed by atoms with Gasteiger partial charge in [-0.05, 0) is 23.8 Å². The summed E-state index contributed by atoms with van der Waals surface area (Å²) in [6, 6.07) is 6.14. The highest BCUT2D eigenvalue weighted by atomic mass is 35.5. The largest absolute Gasteiger partial charge is 0.324 e. The molecule has 3 heteroatoms. The Balaban J connectivity index is 2.52. The first-order valence-electron chi connectivity index (χ1n) is 3.96. The molecule has 2 rings (SSSR count). The van der Waals surface area contributed by atoms with E-state index in [1.165, 1.54) is 10.5 Å². The molecular weight excluding hydrogens is 190 g/mol. The summed E-state index contributed by atoms with van der Waals surface area (Å²) in [4.78, 5) is 1.18. The van der Waals surface area contributed by atoms with Gasteiger partial charge in [0.15, 0.2) is 0 Å². The molecule has 2 N–H and O–H groups in total. The van der Waals surface area contributed by atoms with Gasteiger partial charge in [-0.1, -0.05) is 23.7 Å². The van der Waals surface area contributed by atoms with Gasteiger partial charge >= 0.3 is 0 Å². The maximum absolute atomic E-state index is 6.03. The third kappa shape index (κ3) is 1.35. The highest BCUT2D eigenvalue weighted by molar-refractivity contribution is 7.99. The van der Waals surface area contributed by atoms with Gasteiger partial charge in [0.05, 0.1) is 5.02 Å². The Morgan fingerprint density at radius 2 is 2.33 bits per heavy atom. The predicted molar refractivity (Wildman–Crippen MR) is 53.7 cm³/mol. The summed E-state index contributed by atoms with van der Waals surface area (Å²) in [5.74, 6) is 1.08. The first kappa shape index (κ1) is 8.42. The first-order valence-corrected chi connectivity index (χ1v) is 5.32. The summed E-state index contributed by atoms with van der Waals surface area (Å²) < 4.78 is 0. The van der Waals surface area contributed by atoms with Crippen LogP contribution in [0.15, 0.2) is 23.1 Å². The molecule has 0 amide bonds. The molecule has 64 valence electrons. The summed E-state index contributed by atoms with van der Waals surface area (Å²) in [6.45, 7) is 0. The highest BCUT2D eigenvalue weighted by Gasteiger charge is 2.18. The number of hydrogen-bond acceptors (Lipinski definition) is 2. The van der Waals surface area contributed by atoms with Crippen LogP contribution in [0.2, 0.25) is 5.02 Å². The zero-order valence-electron chi connectivity index (χ0n) is 6.59. The molecule has 0 aliphatic carbocycles. The van der Waals surface area contributed by atoms with Gasteiger partial charge < -0.3 is 5.73 Å². The lowest BCUT2D eigenvalue weighted by molar-refractivity contribution is 0.680. The minimum absolute atomic E-state index is 0.181. The molecule has 1 aromatic rings. The lowest BCUT2D eigenvalue weighted by atomic mass is 10.1. The van der Waals surface area contributed by atoms with Crippen molar-refractivity contribution in [2.24, 2.45) is 5.73 Å². The quantitative estimate of drug-likeness (QED) is 0.696. The lowest BCUT2D eigenvalue weighted by Gasteiger charge is -2.22. The van der Waals surface area contributed by atoms with Crippen LogP contribution in [-0.2, 0) is 0 Å². The molecule has 1 unspecified atom stereocenters. The summed E-state index contributed by atoms with van der Waals surface area (Å²) in [5.41, 5.74) is 7.15. The van der Waals surface area contributed by atoms with Crippen LogP contribution >= 0.6 is 23.4 Å². The minimum Gasteiger partial charge on any atom is -0.324 e. The molecule has 1 aromatic carbocycles. The fourth-order valence-electron chi connectivity index (χ4n) is 1.41. The second-order valence-electron chi connectivity index (χ2n) is 2.90. The minimum atomic E-state index is 0.181. The van der Waals surface area contributed by atoms with E-state index in [1.807, 2.05) is 23.9 Å². The van der Waals surface area contributed by atoms with Gasteiger partial charge in [-0.2, -0.15) is 0 Å². The average molecular weight is 200 g/mol. The smallest absolute Gasteiger partial charge is 0.0545 e. The van der Waals surface area contributed by atoms with Crippen LogP contribution in [-0.4, -0.2) is 5.75 Å². The molecule has 0 aromatic heterocycles. The zero-order chi connectivity index (χ0) is 8.55. The molecule has 0 saturated carbocycles. The van der Waals surface area contributed by atoms with Crippen molar-refractivity contribution in [2.45, 2.75) is 17.4 Å². The maximum atomic E-state index is 6.03. The van der Waals surface area contributed by atoms with Crippen molar-refractivity contribution in [1.29, 1.82) is 0 Å². The van der Waals surface area contributed by atoms with Crippen molar-refractivity contribution in [2.75, 3.05) is 5.75 Å². The molecule has 1 aliphatic heterocycles. The van der Waals surface area contributed by atoms with E-state index in [9.17, 15) is 0 Å². The van der Waals surface area contributed by atoms with Gasteiger partial charge in [0.1, 0.15) is 0 Å². The van der Waals surface area contributed by atoms with Crippen LogP contribution < -0.4 is 5.73 Å².